The van der Waals surface area contributed by atoms with Crippen molar-refractivity contribution in [2.75, 3.05) is 26.3 Å². The van der Waals surface area contributed by atoms with E-state index in [0.717, 1.165) is 38.1 Å². The fraction of sp³-hybridized carbons (Fsp3) is 0.441. The van der Waals surface area contributed by atoms with E-state index in [1.165, 1.54) is 22.3 Å². The van der Waals surface area contributed by atoms with Gasteiger partial charge in [-0.1, -0.05) is 59.6 Å². The summed E-state index contributed by atoms with van der Waals surface area (Å²) in [5, 5.41) is 4.53. The summed E-state index contributed by atoms with van der Waals surface area (Å²) in [5.74, 6) is 2.74. The first kappa shape index (κ1) is 28.4. The van der Waals surface area contributed by atoms with Crippen LogP contribution in [0.15, 0.2) is 60.7 Å². The van der Waals surface area contributed by atoms with Gasteiger partial charge in [0.25, 0.3) is 0 Å². The summed E-state index contributed by atoms with van der Waals surface area (Å²) < 4.78 is 11.7. The van der Waals surface area contributed by atoms with E-state index < -0.39 is 0 Å². The van der Waals surface area contributed by atoms with Crippen LogP contribution in [0.4, 0.5) is 0 Å². The van der Waals surface area contributed by atoms with Crippen LogP contribution in [-0.4, -0.2) is 43.2 Å². The van der Waals surface area contributed by atoms with E-state index in [2.05, 4.69) is 54.4 Å². The average molecular weight is 594 g/mol. The highest BCUT2D eigenvalue weighted by Gasteiger charge is 2.51. The summed E-state index contributed by atoms with van der Waals surface area (Å²) in [7, 11) is 0. The Balaban J connectivity index is 1.14. The Morgan fingerprint density at radius 1 is 0.927 bits per heavy atom. The van der Waals surface area contributed by atoms with E-state index in [-0.39, 0.29) is 11.8 Å². The summed E-state index contributed by atoms with van der Waals surface area (Å²) in [6, 6.07) is 20.4. The second kappa shape index (κ2) is 12.2. The van der Waals surface area contributed by atoms with Crippen molar-refractivity contribution in [3.8, 4) is 11.5 Å². The van der Waals surface area contributed by atoms with Crippen molar-refractivity contribution in [2.24, 2.45) is 17.8 Å². The molecule has 2 saturated carbocycles. The van der Waals surface area contributed by atoms with Crippen molar-refractivity contribution in [1.82, 2.24) is 10.2 Å². The van der Waals surface area contributed by atoms with Gasteiger partial charge in [-0.15, -0.1) is 0 Å². The van der Waals surface area contributed by atoms with Crippen LogP contribution in [0.25, 0.3) is 0 Å². The zero-order valence-corrected chi connectivity index (χ0v) is 25.3. The number of aryl methyl sites for hydroxylation is 1. The lowest BCUT2D eigenvalue weighted by Crippen LogP contribution is -2.41. The molecule has 0 radical (unpaired) electrons. The number of para-hydroxylation sites is 1. The van der Waals surface area contributed by atoms with Gasteiger partial charge >= 0.3 is 0 Å². The molecule has 0 unspecified atom stereocenters. The fourth-order valence-corrected chi connectivity index (χ4v) is 7.27. The molecule has 3 fully saturated rings. The van der Waals surface area contributed by atoms with Gasteiger partial charge in [-0.25, -0.2) is 0 Å². The first-order valence-electron chi connectivity index (χ1n) is 14.8. The van der Waals surface area contributed by atoms with Gasteiger partial charge in [0.1, 0.15) is 19.0 Å². The third-order valence-electron chi connectivity index (χ3n) is 9.28. The van der Waals surface area contributed by atoms with Crippen molar-refractivity contribution in [3.63, 3.8) is 0 Å². The highest BCUT2D eigenvalue weighted by molar-refractivity contribution is 6.37. The SMILES string of the molecule is Cc1cccc(CN(C(=O)[C@H]2[C@@H]3CNC[C@@H]3C[C@H]2c2ccc(OCCOc3c(Cl)cccc3Cl)cc2)C2CC2)c1C. The normalized spacial score (nSPS) is 23.3. The molecule has 0 aromatic heterocycles. The van der Waals surface area contributed by atoms with Gasteiger partial charge in [-0.3, -0.25) is 4.79 Å². The summed E-state index contributed by atoms with van der Waals surface area (Å²) in [4.78, 5) is 16.6. The molecule has 0 spiro atoms. The Morgan fingerprint density at radius 2 is 1.63 bits per heavy atom. The van der Waals surface area contributed by atoms with Crippen LogP contribution in [0.2, 0.25) is 10.0 Å². The third kappa shape index (κ3) is 6.09. The molecule has 3 aliphatic rings. The topological polar surface area (TPSA) is 50.8 Å². The molecule has 6 rings (SSSR count). The number of rotatable bonds is 10. The Labute approximate surface area is 253 Å². The second-order valence-electron chi connectivity index (χ2n) is 11.8. The van der Waals surface area contributed by atoms with E-state index in [0.29, 0.717) is 59.3 Å². The number of benzene rings is 3. The molecule has 1 amide bonds. The minimum Gasteiger partial charge on any atom is -0.490 e. The number of ether oxygens (including phenoxy) is 2. The fourth-order valence-electron chi connectivity index (χ4n) is 6.77. The highest BCUT2D eigenvalue weighted by atomic mass is 35.5. The quantitative estimate of drug-likeness (QED) is 0.253. The molecule has 5 nitrogen and oxygen atoms in total. The number of nitrogens with zero attached hydrogens (tertiary/aromatic N) is 1. The molecular formula is C34H38Cl2N2O3. The number of hydrogen-bond acceptors (Lipinski definition) is 4. The van der Waals surface area contributed by atoms with Gasteiger partial charge in [-0.05, 0) is 110 Å². The maximum atomic E-state index is 14.4. The number of halogens is 2. The van der Waals surface area contributed by atoms with E-state index in [9.17, 15) is 4.79 Å². The van der Waals surface area contributed by atoms with Crippen molar-refractivity contribution in [3.05, 3.63) is 93.0 Å². The van der Waals surface area contributed by atoms with Crippen molar-refractivity contribution < 1.29 is 14.3 Å². The lowest BCUT2D eigenvalue weighted by molar-refractivity contribution is -0.138. The standard InChI is InChI=1S/C34H38Cl2N2O3/c1-21-5-3-6-24(22(21)2)20-38(26-11-12-26)34(39)32-28(17-25-18-37-19-29(25)32)23-9-13-27(14-10-23)40-15-16-41-33-30(35)7-4-8-31(33)36/h3-10,13-14,25-26,28-29,32,37H,11-12,15-20H2,1-2H3/t25-,28-,29+,32+/m0/s1. The molecule has 1 heterocycles. The largest absolute Gasteiger partial charge is 0.490 e. The maximum absolute atomic E-state index is 14.4. The van der Waals surface area contributed by atoms with Crippen LogP contribution in [0.5, 0.6) is 11.5 Å². The Hall–Kier alpha value is -2.73. The minimum absolute atomic E-state index is 0.00116. The molecule has 3 aromatic rings. The van der Waals surface area contributed by atoms with Crippen LogP contribution in [-0.2, 0) is 11.3 Å². The monoisotopic (exact) mass is 592 g/mol. The minimum atomic E-state index is 0.00116. The molecule has 41 heavy (non-hydrogen) atoms. The molecule has 7 heteroatoms. The van der Waals surface area contributed by atoms with Crippen LogP contribution >= 0.6 is 23.2 Å². The van der Waals surface area contributed by atoms with Gasteiger partial charge in [0.05, 0.1) is 10.0 Å². The predicted octanol–water partition coefficient (Wildman–Crippen LogP) is 7.20. The highest BCUT2D eigenvalue weighted by Crippen LogP contribution is 2.50. The number of hydrogen-bond donors (Lipinski definition) is 1. The molecular weight excluding hydrogens is 555 g/mol. The van der Waals surface area contributed by atoms with Crippen molar-refractivity contribution in [2.45, 2.75) is 51.6 Å². The van der Waals surface area contributed by atoms with Crippen molar-refractivity contribution in [1.29, 1.82) is 0 Å². The van der Waals surface area contributed by atoms with E-state index in [1.807, 2.05) is 12.1 Å². The molecule has 1 aliphatic heterocycles. The maximum Gasteiger partial charge on any atom is 0.227 e. The first-order chi connectivity index (χ1) is 19.9. The molecule has 216 valence electrons. The predicted molar refractivity (Wildman–Crippen MR) is 164 cm³/mol. The smallest absolute Gasteiger partial charge is 0.227 e. The van der Waals surface area contributed by atoms with Gasteiger partial charge in [0.15, 0.2) is 5.75 Å². The summed E-state index contributed by atoms with van der Waals surface area (Å²) in [6.07, 6.45) is 3.26. The van der Waals surface area contributed by atoms with Crippen LogP contribution < -0.4 is 14.8 Å². The van der Waals surface area contributed by atoms with Crippen LogP contribution in [0.3, 0.4) is 0 Å². The van der Waals surface area contributed by atoms with E-state index in [4.69, 9.17) is 32.7 Å². The molecule has 1 N–H and O–H groups in total. The first-order valence-corrected chi connectivity index (χ1v) is 15.5. The van der Waals surface area contributed by atoms with Crippen LogP contribution in [0.1, 0.15) is 47.4 Å². The van der Waals surface area contributed by atoms with E-state index >= 15 is 0 Å². The number of fused-ring (bicyclic) bond motifs is 1. The number of amides is 1. The molecule has 1 saturated heterocycles. The zero-order chi connectivity index (χ0) is 28.5. The van der Waals surface area contributed by atoms with Crippen LogP contribution in [0, 0.1) is 31.6 Å². The van der Waals surface area contributed by atoms with E-state index in [1.54, 1.807) is 18.2 Å². The Bertz CT molecular complexity index is 1370. The Kier molecular flexibility index (Phi) is 8.48. The molecule has 4 atom stereocenters. The second-order valence-corrected chi connectivity index (χ2v) is 12.6. The average Bonchev–Trinajstić information content (AvgIpc) is 3.59. The van der Waals surface area contributed by atoms with Gasteiger partial charge in [0.2, 0.25) is 5.91 Å². The molecule has 0 bridgehead atoms. The molecule has 3 aromatic carbocycles. The summed E-state index contributed by atoms with van der Waals surface area (Å²) in [5.41, 5.74) is 5.08. The number of carbonyl (C=O) groups is 1. The van der Waals surface area contributed by atoms with Crippen molar-refractivity contribution >= 4 is 29.1 Å². The summed E-state index contributed by atoms with van der Waals surface area (Å²) >= 11 is 12.4. The van der Waals surface area contributed by atoms with Gasteiger partial charge in [-0.2, -0.15) is 0 Å². The number of nitrogens with one attached hydrogen (secondary N) is 1. The number of carbonyl (C=O) groups excluding carboxylic acids is 1. The third-order valence-corrected chi connectivity index (χ3v) is 9.88. The summed E-state index contributed by atoms with van der Waals surface area (Å²) in [6.45, 7) is 7.67. The van der Waals surface area contributed by atoms with Gasteiger partial charge in [0, 0.05) is 18.5 Å². The Morgan fingerprint density at radius 3 is 2.37 bits per heavy atom. The molecule has 2 aliphatic carbocycles. The zero-order valence-electron chi connectivity index (χ0n) is 23.7. The lowest BCUT2D eigenvalue weighted by atomic mass is 9.83. The lowest BCUT2D eigenvalue weighted by Gasteiger charge is -2.32. The van der Waals surface area contributed by atoms with Gasteiger partial charge < -0.3 is 19.7 Å².